The van der Waals surface area contributed by atoms with Gasteiger partial charge in [-0.1, -0.05) is 6.07 Å². The Bertz CT molecular complexity index is 495. The van der Waals surface area contributed by atoms with Gasteiger partial charge in [-0.25, -0.2) is 0 Å². The molecule has 2 N–H and O–H groups in total. The Morgan fingerprint density at radius 1 is 1.42 bits per heavy atom. The highest BCUT2D eigenvalue weighted by Gasteiger charge is 2.18. The van der Waals surface area contributed by atoms with Gasteiger partial charge in [0.15, 0.2) is 0 Å². The maximum absolute atomic E-state index is 5.98. The SMILES string of the molecule is CC(N)C(OCCc1ccccn1)c1cnn(C)c1. The van der Waals surface area contributed by atoms with Crippen molar-refractivity contribution in [2.45, 2.75) is 25.5 Å². The molecule has 0 aliphatic rings. The third kappa shape index (κ3) is 3.87. The maximum Gasteiger partial charge on any atom is 0.100 e. The van der Waals surface area contributed by atoms with Crippen molar-refractivity contribution in [3.8, 4) is 0 Å². The Morgan fingerprint density at radius 3 is 2.84 bits per heavy atom. The number of ether oxygens (including phenoxy) is 1. The number of nitrogens with zero attached hydrogens (tertiary/aromatic N) is 3. The molecule has 2 aromatic heterocycles. The van der Waals surface area contributed by atoms with E-state index in [2.05, 4.69) is 10.1 Å². The number of hydrogen-bond donors (Lipinski definition) is 1. The molecule has 2 unspecified atom stereocenters. The summed E-state index contributed by atoms with van der Waals surface area (Å²) < 4.78 is 7.65. The van der Waals surface area contributed by atoms with Crippen molar-refractivity contribution < 1.29 is 4.74 Å². The van der Waals surface area contributed by atoms with E-state index >= 15 is 0 Å². The molecule has 2 atom stereocenters. The van der Waals surface area contributed by atoms with Crippen molar-refractivity contribution >= 4 is 0 Å². The lowest BCUT2D eigenvalue weighted by molar-refractivity contribution is 0.0399. The van der Waals surface area contributed by atoms with Gasteiger partial charge in [0, 0.05) is 43.2 Å². The van der Waals surface area contributed by atoms with Crippen molar-refractivity contribution in [1.82, 2.24) is 14.8 Å². The van der Waals surface area contributed by atoms with E-state index in [0.29, 0.717) is 6.61 Å². The highest BCUT2D eigenvalue weighted by molar-refractivity contribution is 5.10. The second kappa shape index (κ2) is 6.45. The van der Waals surface area contributed by atoms with Crippen LogP contribution in [0.15, 0.2) is 36.8 Å². The van der Waals surface area contributed by atoms with Gasteiger partial charge >= 0.3 is 0 Å². The lowest BCUT2D eigenvalue weighted by Crippen LogP contribution is -2.27. The van der Waals surface area contributed by atoms with E-state index in [9.17, 15) is 0 Å². The van der Waals surface area contributed by atoms with Gasteiger partial charge in [0.1, 0.15) is 6.10 Å². The zero-order valence-corrected chi connectivity index (χ0v) is 11.4. The summed E-state index contributed by atoms with van der Waals surface area (Å²) in [6.07, 6.45) is 6.19. The largest absolute Gasteiger partial charge is 0.371 e. The van der Waals surface area contributed by atoms with Crippen molar-refractivity contribution in [2.24, 2.45) is 12.8 Å². The van der Waals surface area contributed by atoms with Crippen LogP contribution in [0.5, 0.6) is 0 Å². The summed E-state index contributed by atoms with van der Waals surface area (Å²) in [5, 5.41) is 4.15. The number of pyridine rings is 1. The van der Waals surface area contributed by atoms with Gasteiger partial charge in [-0.05, 0) is 19.1 Å². The van der Waals surface area contributed by atoms with Crippen LogP contribution >= 0.6 is 0 Å². The zero-order chi connectivity index (χ0) is 13.7. The van der Waals surface area contributed by atoms with Crippen LogP contribution in [-0.4, -0.2) is 27.4 Å². The number of nitrogens with two attached hydrogens (primary N) is 1. The molecule has 0 spiro atoms. The van der Waals surface area contributed by atoms with Gasteiger partial charge in [-0.15, -0.1) is 0 Å². The van der Waals surface area contributed by atoms with Gasteiger partial charge in [0.25, 0.3) is 0 Å². The van der Waals surface area contributed by atoms with E-state index in [0.717, 1.165) is 17.7 Å². The van der Waals surface area contributed by atoms with Gasteiger partial charge in [-0.2, -0.15) is 5.10 Å². The number of aryl methyl sites for hydroxylation is 1. The fraction of sp³-hybridized carbons (Fsp3) is 0.429. The molecule has 5 heteroatoms. The normalized spacial score (nSPS) is 14.3. The van der Waals surface area contributed by atoms with Crippen LogP contribution in [-0.2, 0) is 18.2 Å². The second-order valence-corrected chi connectivity index (χ2v) is 4.67. The zero-order valence-electron chi connectivity index (χ0n) is 11.4. The van der Waals surface area contributed by atoms with E-state index in [4.69, 9.17) is 10.5 Å². The number of hydrogen-bond acceptors (Lipinski definition) is 4. The first-order chi connectivity index (χ1) is 9.16. The molecule has 2 aromatic rings. The predicted octanol–water partition coefficient (Wildman–Crippen LogP) is 1.46. The molecule has 0 aliphatic carbocycles. The van der Waals surface area contributed by atoms with Gasteiger partial charge in [-0.3, -0.25) is 9.67 Å². The molecule has 0 aromatic carbocycles. The van der Waals surface area contributed by atoms with E-state index in [1.165, 1.54) is 0 Å². The fourth-order valence-electron chi connectivity index (χ4n) is 1.98. The van der Waals surface area contributed by atoms with E-state index in [1.807, 2.05) is 38.4 Å². The summed E-state index contributed by atoms with van der Waals surface area (Å²) in [5.74, 6) is 0. The Labute approximate surface area is 113 Å². The summed E-state index contributed by atoms with van der Waals surface area (Å²) in [5.41, 5.74) is 8.02. The van der Waals surface area contributed by atoms with E-state index in [-0.39, 0.29) is 12.1 Å². The van der Waals surface area contributed by atoms with Crippen molar-refractivity contribution in [2.75, 3.05) is 6.61 Å². The molecule has 19 heavy (non-hydrogen) atoms. The summed E-state index contributed by atoms with van der Waals surface area (Å²) >= 11 is 0. The average molecular weight is 260 g/mol. The lowest BCUT2D eigenvalue weighted by Gasteiger charge is -2.20. The highest BCUT2D eigenvalue weighted by Crippen LogP contribution is 2.19. The molecular formula is C14H20N4O. The first-order valence-corrected chi connectivity index (χ1v) is 6.42. The molecule has 102 valence electrons. The van der Waals surface area contributed by atoms with Gasteiger partial charge < -0.3 is 10.5 Å². The third-order valence-electron chi connectivity index (χ3n) is 2.91. The van der Waals surface area contributed by atoms with Crippen molar-refractivity contribution in [1.29, 1.82) is 0 Å². The Hall–Kier alpha value is -1.72. The van der Waals surface area contributed by atoms with Crippen LogP contribution in [0.2, 0.25) is 0 Å². The molecule has 0 saturated heterocycles. The van der Waals surface area contributed by atoms with Crippen molar-refractivity contribution in [3.05, 3.63) is 48.0 Å². The molecule has 0 aliphatic heterocycles. The Balaban J connectivity index is 1.91. The van der Waals surface area contributed by atoms with Gasteiger partial charge in [0.2, 0.25) is 0 Å². The first kappa shape index (κ1) is 13.7. The first-order valence-electron chi connectivity index (χ1n) is 6.42. The maximum atomic E-state index is 5.98. The monoisotopic (exact) mass is 260 g/mol. The Morgan fingerprint density at radius 2 is 2.26 bits per heavy atom. The minimum atomic E-state index is -0.127. The van der Waals surface area contributed by atoms with Crippen LogP contribution in [0.4, 0.5) is 0 Å². The standard InChI is InChI=1S/C14H20N4O/c1-11(15)14(12-9-17-18(2)10-12)19-8-6-13-5-3-4-7-16-13/h3-5,7,9-11,14H,6,8,15H2,1-2H3. The summed E-state index contributed by atoms with van der Waals surface area (Å²) in [4.78, 5) is 4.27. The summed E-state index contributed by atoms with van der Waals surface area (Å²) in [7, 11) is 1.88. The topological polar surface area (TPSA) is 66.0 Å². The molecule has 0 amide bonds. The predicted molar refractivity (Wildman–Crippen MR) is 73.5 cm³/mol. The number of aromatic nitrogens is 3. The Kier molecular flexibility index (Phi) is 4.65. The minimum absolute atomic E-state index is 0.0760. The molecule has 2 heterocycles. The number of rotatable bonds is 6. The van der Waals surface area contributed by atoms with Crippen molar-refractivity contribution in [3.63, 3.8) is 0 Å². The summed E-state index contributed by atoms with van der Waals surface area (Å²) in [6.45, 7) is 2.54. The smallest absolute Gasteiger partial charge is 0.100 e. The molecule has 5 nitrogen and oxygen atoms in total. The molecule has 0 fully saturated rings. The van der Waals surface area contributed by atoms with E-state index in [1.54, 1.807) is 17.1 Å². The third-order valence-corrected chi connectivity index (χ3v) is 2.91. The van der Waals surface area contributed by atoms with Crippen LogP contribution in [0, 0.1) is 0 Å². The summed E-state index contributed by atoms with van der Waals surface area (Å²) in [6, 6.07) is 5.80. The van der Waals surface area contributed by atoms with Crippen LogP contribution in [0.1, 0.15) is 24.3 Å². The minimum Gasteiger partial charge on any atom is -0.371 e. The molecular weight excluding hydrogens is 240 g/mol. The molecule has 0 radical (unpaired) electrons. The van der Waals surface area contributed by atoms with Crippen LogP contribution in [0.25, 0.3) is 0 Å². The molecule has 0 bridgehead atoms. The average Bonchev–Trinajstić information content (AvgIpc) is 2.82. The van der Waals surface area contributed by atoms with Crippen LogP contribution in [0.3, 0.4) is 0 Å². The fourth-order valence-corrected chi connectivity index (χ4v) is 1.98. The molecule has 0 saturated carbocycles. The van der Waals surface area contributed by atoms with Gasteiger partial charge in [0.05, 0.1) is 12.8 Å². The van der Waals surface area contributed by atoms with E-state index < -0.39 is 0 Å². The quantitative estimate of drug-likeness (QED) is 0.854. The highest BCUT2D eigenvalue weighted by atomic mass is 16.5. The van der Waals surface area contributed by atoms with Crippen LogP contribution < -0.4 is 5.73 Å². The second-order valence-electron chi connectivity index (χ2n) is 4.67. The lowest BCUT2D eigenvalue weighted by atomic mass is 10.1. The molecule has 2 rings (SSSR count).